The van der Waals surface area contributed by atoms with Gasteiger partial charge in [-0.05, 0) is 30.7 Å². The summed E-state index contributed by atoms with van der Waals surface area (Å²) < 4.78 is 24.4. The quantitative estimate of drug-likeness (QED) is 0.611. The van der Waals surface area contributed by atoms with Gasteiger partial charge in [-0.1, -0.05) is 0 Å². The van der Waals surface area contributed by atoms with Crippen LogP contribution in [-0.2, 0) is 14.8 Å². The van der Waals surface area contributed by atoms with Crippen LogP contribution in [0.5, 0.6) is 0 Å². The zero-order valence-electron chi connectivity index (χ0n) is 11.0. The molecule has 0 saturated carbocycles. The Morgan fingerprint density at radius 1 is 1.30 bits per heavy atom. The van der Waals surface area contributed by atoms with Crippen LogP contribution in [0.25, 0.3) is 0 Å². The number of hydrogen-bond acceptors (Lipinski definition) is 5. The molecule has 0 aliphatic carbocycles. The average molecular weight is 299 g/mol. The van der Waals surface area contributed by atoms with E-state index in [0.29, 0.717) is 24.3 Å². The van der Waals surface area contributed by atoms with Crippen LogP contribution in [0.2, 0.25) is 0 Å². The molecule has 1 saturated heterocycles. The molecule has 0 radical (unpaired) electrons. The molecular weight excluding hydrogens is 282 g/mol. The largest absolute Gasteiger partial charge is 0.392 e. The summed E-state index contributed by atoms with van der Waals surface area (Å²) in [5.74, 6) is -0.217. The standard InChI is InChI=1S/C12H17N3O4S/c1-20(18,19)15-9-4-2-8(3-5-9)14-12(17)11-6-10(16)7-13-11/h2-5,10-11,13,15-16H,6-7H2,1H3,(H,14,17). The highest BCUT2D eigenvalue weighted by molar-refractivity contribution is 7.92. The highest BCUT2D eigenvalue weighted by atomic mass is 32.2. The molecule has 7 nitrogen and oxygen atoms in total. The molecular formula is C12H17N3O4S. The lowest BCUT2D eigenvalue weighted by Crippen LogP contribution is -2.35. The number of rotatable bonds is 4. The summed E-state index contributed by atoms with van der Waals surface area (Å²) in [5.41, 5.74) is 0.997. The van der Waals surface area contributed by atoms with Crippen molar-refractivity contribution in [1.29, 1.82) is 0 Å². The molecule has 110 valence electrons. The summed E-state index contributed by atoms with van der Waals surface area (Å²) >= 11 is 0. The minimum atomic E-state index is -3.31. The molecule has 2 atom stereocenters. The molecule has 1 aliphatic heterocycles. The smallest absolute Gasteiger partial charge is 0.241 e. The van der Waals surface area contributed by atoms with E-state index in [1.807, 2.05) is 0 Å². The summed E-state index contributed by atoms with van der Waals surface area (Å²) in [6, 6.07) is 5.94. The van der Waals surface area contributed by atoms with Gasteiger partial charge >= 0.3 is 0 Å². The zero-order chi connectivity index (χ0) is 14.8. The monoisotopic (exact) mass is 299 g/mol. The number of nitrogens with one attached hydrogen (secondary N) is 3. The van der Waals surface area contributed by atoms with Crippen molar-refractivity contribution in [3.05, 3.63) is 24.3 Å². The van der Waals surface area contributed by atoms with Crippen molar-refractivity contribution in [2.24, 2.45) is 0 Å². The van der Waals surface area contributed by atoms with Crippen molar-refractivity contribution < 1.29 is 18.3 Å². The molecule has 20 heavy (non-hydrogen) atoms. The first-order valence-electron chi connectivity index (χ1n) is 6.14. The Balaban J connectivity index is 1.95. The van der Waals surface area contributed by atoms with Gasteiger partial charge in [-0.15, -0.1) is 0 Å². The molecule has 1 aromatic rings. The van der Waals surface area contributed by atoms with Gasteiger partial charge in [0.2, 0.25) is 15.9 Å². The van der Waals surface area contributed by atoms with Crippen LogP contribution in [0.3, 0.4) is 0 Å². The Bertz CT molecular complexity index is 585. The molecule has 2 rings (SSSR count). The Kier molecular flexibility index (Phi) is 4.26. The van der Waals surface area contributed by atoms with Gasteiger partial charge < -0.3 is 15.7 Å². The molecule has 2 unspecified atom stereocenters. The molecule has 0 bridgehead atoms. The predicted octanol–water partition coefficient (Wildman–Crippen LogP) is -0.281. The van der Waals surface area contributed by atoms with Gasteiger partial charge in [0.25, 0.3) is 0 Å². The normalized spacial score (nSPS) is 22.5. The Hall–Kier alpha value is -1.64. The second-order valence-corrected chi connectivity index (χ2v) is 6.54. The van der Waals surface area contributed by atoms with E-state index < -0.39 is 22.2 Å². The van der Waals surface area contributed by atoms with Gasteiger partial charge in [0, 0.05) is 17.9 Å². The molecule has 4 N–H and O–H groups in total. The number of aliphatic hydroxyl groups excluding tert-OH is 1. The lowest BCUT2D eigenvalue weighted by atomic mass is 10.2. The molecule has 1 aliphatic rings. The first-order valence-corrected chi connectivity index (χ1v) is 8.03. The van der Waals surface area contributed by atoms with Gasteiger partial charge in [-0.2, -0.15) is 0 Å². The number of hydrogen-bond donors (Lipinski definition) is 4. The minimum absolute atomic E-state index is 0.217. The molecule has 0 aromatic heterocycles. The number of amides is 1. The fraction of sp³-hybridized carbons (Fsp3) is 0.417. The average Bonchev–Trinajstić information content (AvgIpc) is 2.77. The van der Waals surface area contributed by atoms with E-state index in [9.17, 15) is 18.3 Å². The maximum atomic E-state index is 11.9. The van der Waals surface area contributed by atoms with E-state index in [2.05, 4.69) is 15.4 Å². The summed E-state index contributed by atoms with van der Waals surface area (Å²) in [5, 5.41) is 15.0. The van der Waals surface area contributed by atoms with E-state index in [1.54, 1.807) is 24.3 Å². The Morgan fingerprint density at radius 2 is 1.90 bits per heavy atom. The van der Waals surface area contributed by atoms with E-state index >= 15 is 0 Å². The Labute approximate surface area is 117 Å². The third-order valence-electron chi connectivity index (χ3n) is 2.88. The topological polar surface area (TPSA) is 108 Å². The van der Waals surface area contributed by atoms with Crippen LogP contribution in [-0.4, -0.2) is 44.4 Å². The maximum Gasteiger partial charge on any atom is 0.241 e. The third-order valence-corrected chi connectivity index (χ3v) is 3.49. The van der Waals surface area contributed by atoms with Crippen molar-refractivity contribution in [2.45, 2.75) is 18.6 Å². The fourth-order valence-corrected chi connectivity index (χ4v) is 2.55. The predicted molar refractivity (Wildman–Crippen MR) is 76.0 cm³/mol. The number of β-amino-alcohol motifs (C(OH)–C–C–N with tert-alkyl or cyclic N) is 1. The fourth-order valence-electron chi connectivity index (χ4n) is 1.98. The minimum Gasteiger partial charge on any atom is -0.392 e. The molecule has 1 aromatic carbocycles. The number of aliphatic hydroxyl groups is 1. The summed E-state index contributed by atoms with van der Waals surface area (Å²) in [4.78, 5) is 11.9. The van der Waals surface area contributed by atoms with E-state index in [0.717, 1.165) is 6.26 Å². The van der Waals surface area contributed by atoms with Crippen molar-refractivity contribution >= 4 is 27.3 Å². The van der Waals surface area contributed by atoms with Crippen LogP contribution < -0.4 is 15.4 Å². The van der Waals surface area contributed by atoms with Crippen LogP contribution in [0, 0.1) is 0 Å². The SMILES string of the molecule is CS(=O)(=O)Nc1ccc(NC(=O)C2CC(O)CN2)cc1. The summed E-state index contributed by atoms with van der Waals surface area (Å²) in [6.07, 6.45) is 0.964. The number of anilines is 2. The van der Waals surface area contributed by atoms with E-state index in [-0.39, 0.29) is 5.91 Å². The zero-order valence-corrected chi connectivity index (χ0v) is 11.8. The van der Waals surface area contributed by atoms with Crippen molar-refractivity contribution in [3.63, 3.8) is 0 Å². The first-order chi connectivity index (χ1) is 9.33. The highest BCUT2D eigenvalue weighted by Gasteiger charge is 2.27. The first kappa shape index (κ1) is 14.8. The lowest BCUT2D eigenvalue weighted by molar-refractivity contribution is -0.117. The van der Waals surface area contributed by atoms with Gasteiger partial charge in [0.05, 0.1) is 18.4 Å². The molecule has 0 spiro atoms. The number of carbonyl (C=O) groups excluding carboxylic acids is 1. The maximum absolute atomic E-state index is 11.9. The second-order valence-electron chi connectivity index (χ2n) is 4.79. The van der Waals surface area contributed by atoms with Gasteiger partial charge in [-0.25, -0.2) is 8.42 Å². The highest BCUT2D eigenvalue weighted by Crippen LogP contribution is 2.16. The van der Waals surface area contributed by atoms with Crippen molar-refractivity contribution in [3.8, 4) is 0 Å². The summed E-state index contributed by atoms with van der Waals surface area (Å²) in [6.45, 7) is 0.412. The van der Waals surface area contributed by atoms with E-state index in [4.69, 9.17) is 0 Å². The lowest BCUT2D eigenvalue weighted by Gasteiger charge is -2.11. The second kappa shape index (κ2) is 5.78. The number of carbonyl (C=O) groups is 1. The molecule has 8 heteroatoms. The number of benzene rings is 1. The van der Waals surface area contributed by atoms with Crippen molar-refractivity contribution in [1.82, 2.24) is 5.32 Å². The van der Waals surface area contributed by atoms with Gasteiger partial charge in [0.15, 0.2) is 0 Å². The van der Waals surface area contributed by atoms with Crippen LogP contribution in [0.4, 0.5) is 11.4 Å². The third kappa shape index (κ3) is 4.19. The van der Waals surface area contributed by atoms with Gasteiger partial charge in [0.1, 0.15) is 0 Å². The molecule has 1 amide bonds. The Morgan fingerprint density at radius 3 is 2.40 bits per heavy atom. The van der Waals surface area contributed by atoms with Crippen LogP contribution >= 0.6 is 0 Å². The van der Waals surface area contributed by atoms with E-state index in [1.165, 1.54) is 0 Å². The van der Waals surface area contributed by atoms with Crippen molar-refractivity contribution in [2.75, 3.05) is 22.8 Å². The molecule has 1 fully saturated rings. The summed E-state index contributed by atoms with van der Waals surface area (Å²) in [7, 11) is -3.31. The molecule has 1 heterocycles. The van der Waals surface area contributed by atoms with Gasteiger partial charge in [-0.3, -0.25) is 9.52 Å². The number of sulfonamides is 1. The van der Waals surface area contributed by atoms with Crippen LogP contribution in [0.1, 0.15) is 6.42 Å². The van der Waals surface area contributed by atoms with Crippen LogP contribution in [0.15, 0.2) is 24.3 Å².